The Bertz CT molecular complexity index is 173. The number of piperidine rings is 1. The Kier molecular flexibility index (Phi) is 4.18. The molecule has 1 atom stereocenters. The summed E-state index contributed by atoms with van der Waals surface area (Å²) in [7, 11) is 0. The van der Waals surface area contributed by atoms with Crippen LogP contribution in [0.25, 0.3) is 0 Å². The molecular weight excluding hydrogens is 168 g/mol. The number of carbonyl (C=O) groups is 1. The summed E-state index contributed by atoms with van der Waals surface area (Å²) in [5.41, 5.74) is 1.65. The van der Waals surface area contributed by atoms with Crippen LogP contribution >= 0.6 is 0 Å². The third-order valence-electron chi connectivity index (χ3n) is 2.52. The summed E-state index contributed by atoms with van der Waals surface area (Å²) < 4.78 is 0. The lowest BCUT2D eigenvalue weighted by Crippen LogP contribution is -2.36. The molecule has 0 aromatic heterocycles. The predicted molar refractivity (Wildman–Crippen MR) is 49.4 cm³/mol. The number of hydrogen-bond donors (Lipinski definition) is 2. The largest absolute Gasteiger partial charge is 0.303 e. The van der Waals surface area contributed by atoms with E-state index in [2.05, 4.69) is 11.8 Å². The number of amides is 1. The first-order valence-corrected chi connectivity index (χ1v) is 4.87. The fraction of sp³-hybridized carbons (Fsp3) is 0.889. The molecule has 1 amide bonds. The quantitative estimate of drug-likeness (QED) is 0.501. The maximum absolute atomic E-state index is 10.7. The van der Waals surface area contributed by atoms with Crippen LogP contribution in [0.5, 0.6) is 0 Å². The van der Waals surface area contributed by atoms with Gasteiger partial charge in [0.05, 0.1) is 0 Å². The molecule has 4 heteroatoms. The lowest BCUT2D eigenvalue weighted by Gasteiger charge is -2.30. The van der Waals surface area contributed by atoms with Gasteiger partial charge in [0.25, 0.3) is 0 Å². The van der Waals surface area contributed by atoms with Crippen molar-refractivity contribution in [2.24, 2.45) is 5.92 Å². The second kappa shape index (κ2) is 5.19. The second-order valence-electron chi connectivity index (χ2n) is 3.83. The van der Waals surface area contributed by atoms with E-state index in [1.807, 2.05) is 0 Å². The summed E-state index contributed by atoms with van der Waals surface area (Å²) >= 11 is 0. The average Bonchev–Trinajstić information content (AvgIpc) is 2.14. The lowest BCUT2D eigenvalue weighted by molar-refractivity contribution is -0.129. The average molecular weight is 186 g/mol. The number of hydroxylamine groups is 1. The van der Waals surface area contributed by atoms with Crippen LogP contribution in [0.4, 0.5) is 0 Å². The minimum Gasteiger partial charge on any atom is -0.303 e. The smallest absolute Gasteiger partial charge is 0.244 e. The standard InChI is InChI=1S/C9H18N2O2/c1-8-3-2-5-11(7-8)6-4-9(12)10-13/h8,13H,2-7H2,1H3,(H,10,12). The first-order chi connectivity index (χ1) is 6.22. The fourth-order valence-corrected chi connectivity index (χ4v) is 1.81. The van der Waals surface area contributed by atoms with E-state index in [4.69, 9.17) is 5.21 Å². The number of hydrogen-bond acceptors (Lipinski definition) is 3. The van der Waals surface area contributed by atoms with Crippen LogP contribution in [-0.2, 0) is 4.79 Å². The van der Waals surface area contributed by atoms with Crippen LogP contribution in [0.2, 0.25) is 0 Å². The molecule has 0 aliphatic carbocycles. The number of nitrogens with zero attached hydrogens (tertiary/aromatic N) is 1. The van der Waals surface area contributed by atoms with Crippen molar-refractivity contribution >= 4 is 5.91 Å². The molecule has 2 N–H and O–H groups in total. The molecule has 1 aliphatic heterocycles. The summed E-state index contributed by atoms with van der Waals surface area (Å²) in [6.07, 6.45) is 2.91. The molecule has 1 fully saturated rings. The number of carbonyl (C=O) groups excluding carboxylic acids is 1. The van der Waals surface area contributed by atoms with Crippen molar-refractivity contribution in [1.82, 2.24) is 10.4 Å². The zero-order chi connectivity index (χ0) is 9.68. The highest BCUT2D eigenvalue weighted by molar-refractivity contribution is 5.74. The van der Waals surface area contributed by atoms with E-state index >= 15 is 0 Å². The van der Waals surface area contributed by atoms with Crippen molar-refractivity contribution in [3.8, 4) is 0 Å². The number of likely N-dealkylation sites (tertiary alicyclic amines) is 1. The first kappa shape index (κ1) is 10.5. The molecule has 1 rings (SSSR count). The van der Waals surface area contributed by atoms with Gasteiger partial charge in [-0.15, -0.1) is 0 Å². The zero-order valence-corrected chi connectivity index (χ0v) is 8.12. The van der Waals surface area contributed by atoms with E-state index in [-0.39, 0.29) is 5.91 Å². The number of rotatable bonds is 3. The summed E-state index contributed by atoms with van der Waals surface area (Å²) in [5.74, 6) is 0.448. The maximum Gasteiger partial charge on any atom is 0.244 e. The molecule has 13 heavy (non-hydrogen) atoms. The van der Waals surface area contributed by atoms with Crippen LogP contribution in [0.3, 0.4) is 0 Å². The summed E-state index contributed by atoms with van der Waals surface area (Å²) in [6, 6.07) is 0. The van der Waals surface area contributed by atoms with Gasteiger partial charge in [-0.05, 0) is 25.3 Å². The molecule has 0 saturated carbocycles. The van der Waals surface area contributed by atoms with E-state index in [9.17, 15) is 4.79 Å². The zero-order valence-electron chi connectivity index (χ0n) is 8.12. The summed E-state index contributed by atoms with van der Waals surface area (Å²) in [4.78, 5) is 13.0. The van der Waals surface area contributed by atoms with Crippen LogP contribution in [0, 0.1) is 5.92 Å². The molecular formula is C9H18N2O2. The molecule has 76 valence electrons. The molecule has 4 nitrogen and oxygen atoms in total. The van der Waals surface area contributed by atoms with Gasteiger partial charge in [-0.1, -0.05) is 6.92 Å². The van der Waals surface area contributed by atoms with Gasteiger partial charge in [-0.3, -0.25) is 10.0 Å². The summed E-state index contributed by atoms with van der Waals surface area (Å²) in [6.45, 7) is 5.16. The SMILES string of the molecule is CC1CCCN(CCC(=O)NO)C1. The fourth-order valence-electron chi connectivity index (χ4n) is 1.81. The molecule has 0 aromatic carbocycles. The Balaban J connectivity index is 2.17. The monoisotopic (exact) mass is 186 g/mol. The highest BCUT2D eigenvalue weighted by atomic mass is 16.5. The van der Waals surface area contributed by atoms with Gasteiger partial charge in [0, 0.05) is 19.5 Å². The van der Waals surface area contributed by atoms with Crippen LogP contribution in [-0.4, -0.2) is 35.6 Å². The molecule has 0 aromatic rings. The second-order valence-corrected chi connectivity index (χ2v) is 3.83. The Morgan fingerprint density at radius 2 is 2.46 bits per heavy atom. The Morgan fingerprint density at radius 3 is 3.08 bits per heavy atom. The Labute approximate surface area is 78.9 Å². The van der Waals surface area contributed by atoms with E-state index < -0.39 is 0 Å². The Hall–Kier alpha value is -0.610. The van der Waals surface area contributed by atoms with E-state index in [1.54, 1.807) is 5.48 Å². The predicted octanol–water partition coefficient (Wildman–Crippen LogP) is 0.614. The van der Waals surface area contributed by atoms with Crippen molar-refractivity contribution in [1.29, 1.82) is 0 Å². The highest BCUT2D eigenvalue weighted by Gasteiger charge is 2.16. The molecule has 0 spiro atoms. The van der Waals surface area contributed by atoms with Crippen molar-refractivity contribution < 1.29 is 10.0 Å². The lowest BCUT2D eigenvalue weighted by atomic mass is 10.0. The topological polar surface area (TPSA) is 52.6 Å². The molecule has 1 saturated heterocycles. The summed E-state index contributed by atoms with van der Waals surface area (Å²) in [5, 5.41) is 8.30. The first-order valence-electron chi connectivity index (χ1n) is 4.87. The maximum atomic E-state index is 10.7. The molecule has 1 heterocycles. The minimum absolute atomic E-state index is 0.293. The van der Waals surface area contributed by atoms with Gasteiger partial charge in [0.15, 0.2) is 0 Å². The molecule has 0 bridgehead atoms. The van der Waals surface area contributed by atoms with Crippen molar-refractivity contribution in [3.05, 3.63) is 0 Å². The minimum atomic E-state index is -0.293. The highest BCUT2D eigenvalue weighted by Crippen LogP contribution is 2.15. The van der Waals surface area contributed by atoms with E-state index in [0.29, 0.717) is 6.42 Å². The Morgan fingerprint density at radius 1 is 1.69 bits per heavy atom. The van der Waals surface area contributed by atoms with Gasteiger partial charge >= 0.3 is 0 Å². The van der Waals surface area contributed by atoms with Gasteiger partial charge in [-0.25, -0.2) is 5.48 Å². The van der Waals surface area contributed by atoms with Gasteiger partial charge < -0.3 is 4.90 Å². The van der Waals surface area contributed by atoms with Crippen molar-refractivity contribution in [2.75, 3.05) is 19.6 Å². The van der Waals surface area contributed by atoms with Crippen LogP contribution < -0.4 is 5.48 Å². The van der Waals surface area contributed by atoms with E-state index in [1.165, 1.54) is 12.8 Å². The number of nitrogens with one attached hydrogen (secondary N) is 1. The third-order valence-corrected chi connectivity index (χ3v) is 2.52. The normalized spacial score (nSPS) is 24.3. The van der Waals surface area contributed by atoms with Crippen LogP contribution in [0.15, 0.2) is 0 Å². The molecule has 1 unspecified atom stereocenters. The van der Waals surface area contributed by atoms with E-state index in [0.717, 1.165) is 25.6 Å². The van der Waals surface area contributed by atoms with Gasteiger partial charge in [0.2, 0.25) is 5.91 Å². The van der Waals surface area contributed by atoms with Gasteiger partial charge in [0.1, 0.15) is 0 Å². The molecule has 0 radical (unpaired) electrons. The van der Waals surface area contributed by atoms with Crippen molar-refractivity contribution in [2.45, 2.75) is 26.2 Å². The van der Waals surface area contributed by atoms with Crippen LogP contribution in [0.1, 0.15) is 26.2 Å². The van der Waals surface area contributed by atoms with Gasteiger partial charge in [-0.2, -0.15) is 0 Å². The third kappa shape index (κ3) is 3.74. The molecule has 1 aliphatic rings. The van der Waals surface area contributed by atoms with Crippen molar-refractivity contribution in [3.63, 3.8) is 0 Å².